The highest BCUT2D eigenvalue weighted by Gasteiger charge is 2.36. The molecule has 2 aliphatic heterocycles. The third-order valence-corrected chi connectivity index (χ3v) is 9.60. The highest BCUT2D eigenvalue weighted by atomic mass is 16.6. The lowest BCUT2D eigenvalue weighted by Gasteiger charge is -2.40. The lowest BCUT2D eigenvalue weighted by atomic mass is 9.91. The number of piperidine rings is 2. The molecule has 0 spiro atoms. The molecule has 0 unspecified atom stereocenters. The normalized spacial score (nSPS) is 20.4. The number of amides is 1. The number of phenols is 1. The molecule has 0 atom stereocenters. The van der Waals surface area contributed by atoms with Gasteiger partial charge < -0.3 is 34.4 Å². The summed E-state index contributed by atoms with van der Waals surface area (Å²) in [6.07, 6.45) is 8.70. The molecule has 7 rings (SSSR count). The first-order chi connectivity index (χ1) is 24.5. The first-order valence-electron chi connectivity index (χ1n) is 18.2. The molecule has 14 heteroatoms. The number of fused-ring (bicyclic) bond motifs is 1. The van der Waals surface area contributed by atoms with Crippen LogP contribution in [0.25, 0.3) is 22.3 Å². The van der Waals surface area contributed by atoms with Gasteiger partial charge in [0.2, 0.25) is 5.95 Å². The first kappa shape index (κ1) is 34.7. The number of ether oxygens (including phenoxy) is 3. The second-order valence-corrected chi connectivity index (χ2v) is 15.1. The van der Waals surface area contributed by atoms with E-state index < -0.39 is 5.60 Å². The smallest absolute Gasteiger partial charge is 0.410 e. The van der Waals surface area contributed by atoms with Crippen LogP contribution in [-0.2, 0) is 9.47 Å². The zero-order valence-electron chi connectivity index (χ0n) is 30.2. The van der Waals surface area contributed by atoms with Crippen LogP contribution in [0.5, 0.6) is 11.5 Å². The topological polar surface area (TPSA) is 153 Å². The molecule has 0 bridgehead atoms. The summed E-state index contributed by atoms with van der Waals surface area (Å²) < 4.78 is 20.0. The van der Waals surface area contributed by atoms with Gasteiger partial charge in [-0.15, -0.1) is 10.2 Å². The first-order valence-corrected chi connectivity index (χ1v) is 18.2. The number of aromatic hydroxyl groups is 1. The Morgan fingerprint density at radius 2 is 1.65 bits per heavy atom. The number of hydrogen-bond acceptors (Lipinski definition) is 12. The van der Waals surface area contributed by atoms with Crippen molar-refractivity contribution < 1.29 is 24.1 Å². The fraction of sp³-hybridized carbons (Fsp3) is 0.568. The zero-order chi connectivity index (χ0) is 35.7. The van der Waals surface area contributed by atoms with Crippen LogP contribution in [0.3, 0.4) is 0 Å². The van der Waals surface area contributed by atoms with E-state index in [1.165, 1.54) is 0 Å². The summed E-state index contributed by atoms with van der Waals surface area (Å²) in [5, 5.41) is 27.8. The number of nitrogens with one attached hydrogen (secondary N) is 1. The lowest BCUT2D eigenvalue weighted by Crippen LogP contribution is -2.46. The van der Waals surface area contributed by atoms with Crippen LogP contribution < -0.4 is 15.0 Å². The minimum atomic E-state index is -0.486. The minimum absolute atomic E-state index is 0.0806. The van der Waals surface area contributed by atoms with E-state index in [4.69, 9.17) is 19.3 Å². The molecule has 3 fully saturated rings. The molecule has 4 aromatic rings. The third kappa shape index (κ3) is 8.11. The minimum Gasteiger partial charge on any atom is -0.507 e. The van der Waals surface area contributed by atoms with Crippen molar-refractivity contribution in [2.24, 2.45) is 0 Å². The van der Waals surface area contributed by atoms with Crippen molar-refractivity contribution >= 4 is 28.9 Å². The largest absolute Gasteiger partial charge is 0.507 e. The summed E-state index contributed by atoms with van der Waals surface area (Å²) in [6.45, 7) is 12.7. The van der Waals surface area contributed by atoms with Crippen LogP contribution in [0.2, 0.25) is 0 Å². The number of aromatic nitrogens is 6. The molecular formula is C37H49N9O5. The number of anilines is 2. The molecule has 0 radical (unpaired) electrons. The maximum Gasteiger partial charge on any atom is 0.410 e. The van der Waals surface area contributed by atoms with Crippen molar-refractivity contribution in [3.8, 4) is 22.8 Å². The predicted molar refractivity (Wildman–Crippen MR) is 193 cm³/mol. The van der Waals surface area contributed by atoms with Gasteiger partial charge in [-0.2, -0.15) is 5.10 Å². The van der Waals surface area contributed by atoms with Gasteiger partial charge in [0.15, 0.2) is 17.1 Å². The second kappa shape index (κ2) is 14.5. The van der Waals surface area contributed by atoms with Gasteiger partial charge in [-0.05, 0) is 78.5 Å². The summed E-state index contributed by atoms with van der Waals surface area (Å²) in [6, 6.07) is 9.47. The van der Waals surface area contributed by atoms with Gasteiger partial charge in [-0.1, -0.05) is 12.1 Å². The summed E-state index contributed by atoms with van der Waals surface area (Å²) in [5.41, 5.74) is 2.36. The Bertz CT molecular complexity index is 1800. The Morgan fingerprint density at radius 1 is 0.941 bits per heavy atom. The molecule has 5 heterocycles. The molecule has 1 amide bonds. The van der Waals surface area contributed by atoms with Gasteiger partial charge >= 0.3 is 6.09 Å². The monoisotopic (exact) mass is 699 g/mol. The molecule has 51 heavy (non-hydrogen) atoms. The van der Waals surface area contributed by atoms with E-state index in [0.29, 0.717) is 47.4 Å². The number of likely N-dealkylation sites (tertiary alicyclic amines) is 1. The van der Waals surface area contributed by atoms with Crippen molar-refractivity contribution in [1.82, 2.24) is 34.8 Å². The molecule has 1 aromatic carbocycles. The van der Waals surface area contributed by atoms with Crippen LogP contribution in [0.4, 0.5) is 16.6 Å². The van der Waals surface area contributed by atoms with Crippen molar-refractivity contribution in [2.45, 2.75) is 109 Å². The molecule has 3 aromatic heterocycles. The number of phenolic OH excluding ortho intramolecular Hbond substituents is 1. The quantitative estimate of drug-likeness (QED) is 0.211. The molecule has 2 saturated heterocycles. The van der Waals surface area contributed by atoms with Crippen molar-refractivity contribution in [2.75, 3.05) is 36.4 Å². The molecule has 272 valence electrons. The second-order valence-electron chi connectivity index (χ2n) is 15.1. The van der Waals surface area contributed by atoms with E-state index in [9.17, 15) is 9.90 Å². The zero-order valence-corrected chi connectivity index (χ0v) is 30.2. The summed E-state index contributed by atoms with van der Waals surface area (Å²) in [7, 11) is 0. The molecule has 14 nitrogen and oxygen atoms in total. The van der Waals surface area contributed by atoms with E-state index in [0.717, 1.165) is 57.1 Å². The van der Waals surface area contributed by atoms with Crippen LogP contribution in [0, 0.1) is 0 Å². The number of nitrogens with zero attached hydrogens (tertiary/aromatic N) is 8. The summed E-state index contributed by atoms with van der Waals surface area (Å²) in [4.78, 5) is 25.6. The maximum absolute atomic E-state index is 12.3. The molecular weight excluding hydrogens is 650 g/mol. The number of benzene rings is 1. The Labute approximate surface area is 298 Å². The number of para-hydroxylation sites is 1. The highest BCUT2D eigenvalue weighted by molar-refractivity contribution is 5.88. The van der Waals surface area contributed by atoms with Crippen molar-refractivity contribution in [1.29, 1.82) is 0 Å². The van der Waals surface area contributed by atoms with Gasteiger partial charge in [0, 0.05) is 50.6 Å². The van der Waals surface area contributed by atoms with Gasteiger partial charge in [-0.3, -0.25) is 4.68 Å². The number of hydrogen-bond donors (Lipinski definition) is 2. The van der Waals surface area contributed by atoms with Crippen LogP contribution in [0.15, 0.2) is 42.7 Å². The van der Waals surface area contributed by atoms with Gasteiger partial charge in [0.1, 0.15) is 17.5 Å². The lowest BCUT2D eigenvalue weighted by molar-refractivity contribution is -0.110. The van der Waals surface area contributed by atoms with Crippen LogP contribution in [0.1, 0.15) is 79.2 Å². The third-order valence-electron chi connectivity index (χ3n) is 9.60. The average Bonchev–Trinajstić information content (AvgIpc) is 3.44. The number of carbonyl (C=O) groups excluding carboxylic acids is 1. The summed E-state index contributed by atoms with van der Waals surface area (Å²) >= 11 is 0. The van der Waals surface area contributed by atoms with E-state index in [2.05, 4.69) is 48.9 Å². The summed E-state index contributed by atoms with van der Waals surface area (Å²) in [5.74, 6) is 2.23. The standard InChI is InChI=1S/C37H49N9O5/c1-23(2)40-34-33-31(20-30(41-42-33)29-8-6-7-9-32(29)47)46(43-34)24-10-14-44(15-11-24)35-38-21-28(22-39-35)50-27-18-26(19-27)49-25-12-16-45(17-13-25)36(48)51-37(3,4)5/h6-9,20-27,47H,10-19H2,1-5H3,(H,40,43)/t26-,27-. The Kier molecular flexibility index (Phi) is 9.86. The Balaban J connectivity index is 0.900. The van der Waals surface area contributed by atoms with Gasteiger partial charge in [0.25, 0.3) is 0 Å². The van der Waals surface area contributed by atoms with Crippen LogP contribution >= 0.6 is 0 Å². The van der Waals surface area contributed by atoms with Crippen molar-refractivity contribution in [3.05, 3.63) is 42.7 Å². The average molecular weight is 700 g/mol. The fourth-order valence-corrected chi connectivity index (χ4v) is 6.94. The highest BCUT2D eigenvalue weighted by Crippen LogP contribution is 2.35. The molecule has 3 aliphatic rings. The van der Waals surface area contributed by atoms with E-state index in [1.807, 2.05) is 39.0 Å². The maximum atomic E-state index is 12.3. The molecule has 1 aliphatic carbocycles. The number of rotatable bonds is 9. The molecule has 2 N–H and O–H groups in total. The Hall–Kier alpha value is -4.72. The van der Waals surface area contributed by atoms with E-state index in [1.54, 1.807) is 29.4 Å². The Morgan fingerprint density at radius 3 is 2.31 bits per heavy atom. The van der Waals surface area contributed by atoms with Gasteiger partial charge in [0.05, 0.1) is 41.9 Å². The fourth-order valence-electron chi connectivity index (χ4n) is 6.94. The SMILES string of the molecule is CC(C)Nc1nn(C2CCN(c3ncc(O[C@H]4C[C@H](OC5CCN(C(=O)OC(C)(C)C)CC5)C4)cn3)CC2)c2cc(-c3ccccc3O)nnc12. The van der Waals surface area contributed by atoms with Crippen molar-refractivity contribution in [3.63, 3.8) is 0 Å². The van der Waals surface area contributed by atoms with E-state index in [-0.39, 0.29) is 42.2 Å². The van der Waals surface area contributed by atoms with Gasteiger partial charge in [-0.25, -0.2) is 14.8 Å². The van der Waals surface area contributed by atoms with E-state index >= 15 is 0 Å². The number of carbonyl (C=O) groups is 1. The van der Waals surface area contributed by atoms with Crippen LogP contribution in [-0.4, -0.2) is 102 Å². The predicted octanol–water partition coefficient (Wildman–Crippen LogP) is 5.98. The molecule has 1 saturated carbocycles.